The molecule has 7 nitrogen and oxygen atoms in total. The molecule has 1 unspecified atom stereocenters. The Morgan fingerprint density at radius 2 is 1.88 bits per heavy atom. The number of rotatable bonds is 4. The number of anilines is 2. The second-order valence-electron chi connectivity index (χ2n) is 7.47. The van der Waals surface area contributed by atoms with E-state index in [0.717, 1.165) is 5.56 Å². The second kappa shape index (κ2) is 8.69. The molecule has 164 valence electrons. The van der Waals surface area contributed by atoms with E-state index >= 15 is 0 Å². The highest BCUT2D eigenvalue weighted by atomic mass is 35.5. The van der Waals surface area contributed by atoms with Gasteiger partial charge >= 0.3 is 0 Å². The van der Waals surface area contributed by atoms with Crippen LogP contribution in [-0.2, 0) is 4.79 Å². The molecule has 0 fully saturated rings. The number of hydrogen-bond acceptors (Lipinski definition) is 5. The highest BCUT2D eigenvalue weighted by molar-refractivity contribution is 6.42. The maximum Gasteiger partial charge on any atom is 0.255 e. The number of carbonyl (C=O) groups is 1. The van der Waals surface area contributed by atoms with Gasteiger partial charge in [-0.25, -0.2) is 4.68 Å². The standard InChI is InChI=1S/C24H18Cl2N6O/c1-14-19(23(33)29-16-9-6-12-27-13-16)21(17-10-5-11-18(25)20(17)26)32-24(28-14)30-22(31-32)15-7-3-2-4-8-15/h2-13,21H,1H3,(H,29,33)(H,28,30,31). The zero-order valence-electron chi connectivity index (χ0n) is 17.5. The number of aromatic nitrogens is 4. The minimum Gasteiger partial charge on any atom is -0.328 e. The van der Waals surface area contributed by atoms with Gasteiger partial charge in [0.15, 0.2) is 5.82 Å². The Kier molecular flexibility index (Phi) is 5.58. The van der Waals surface area contributed by atoms with Crippen LogP contribution in [0.4, 0.5) is 11.6 Å². The van der Waals surface area contributed by atoms with Crippen LogP contribution < -0.4 is 10.6 Å². The number of hydrogen-bond donors (Lipinski definition) is 2. The largest absolute Gasteiger partial charge is 0.328 e. The van der Waals surface area contributed by atoms with E-state index < -0.39 is 6.04 Å². The lowest BCUT2D eigenvalue weighted by Crippen LogP contribution is -2.31. The summed E-state index contributed by atoms with van der Waals surface area (Å²) < 4.78 is 1.67. The Labute approximate surface area is 200 Å². The Morgan fingerprint density at radius 3 is 2.64 bits per heavy atom. The van der Waals surface area contributed by atoms with Crippen LogP contribution in [0.3, 0.4) is 0 Å². The first-order valence-electron chi connectivity index (χ1n) is 10.2. The van der Waals surface area contributed by atoms with E-state index in [4.69, 9.17) is 28.3 Å². The topological polar surface area (TPSA) is 84.7 Å². The first kappa shape index (κ1) is 21.2. The van der Waals surface area contributed by atoms with Crippen molar-refractivity contribution in [3.8, 4) is 11.4 Å². The molecule has 0 radical (unpaired) electrons. The smallest absolute Gasteiger partial charge is 0.255 e. The lowest BCUT2D eigenvalue weighted by Gasteiger charge is -2.29. The van der Waals surface area contributed by atoms with Gasteiger partial charge in [0, 0.05) is 23.0 Å². The van der Waals surface area contributed by atoms with Crippen molar-refractivity contribution in [2.45, 2.75) is 13.0 Å². The normalized spacial score (nSPS) is 15.1. The molecule has 33 heavy (non-hydrogen) atoms. The molecule has 1 aliphatic rings. The van der Waals surface area contributed by atoms with Gasteiger partial charge in [0.1, 0.15) is 6.04 Å². The Morgan fingerprint density at radius 1 is 1.06 bits per heavy atom. The van der Waals surface area contributed by atoms with Crippen LogP contribution >= 0.6 is 23.2 Å². The van der Waals surface area contributed by atoms with Gasteiger partial charge in [0.05, 0.1) is 27.5 Å². The minimum absolute atomic E-state index is 0.309. The summed E-state index contributed by atoms with van der Waals surface area (Å²) in [5.74, 6) is 0.727. The monoisotopic (exact) mass is 476 g/mol. The molecule has 0 aliphatic carbocycles. The van der Waals surface area contributed by atoms with Crippen molar-refractivity contribution in [3.05, 3.63) is 99.9 Å². The summed E-state index contributed by atoms with van der Waals surface area (Å²) in [5.41, 5.74) is 3.16. The van der Waals surface area contributed by atoms with Gasteiger partial charge in [-0.1, -0.05) is 65.7 Å². The fourth-order valence-electron chi connectivity index (χ4n) is 3.81. The van der Waals surface area contributed by atoms with E-state index in [0.29, 0.717) is 44.3 Å². The third-order valence-electron chi connectivity index (χ3n) is 5.32. The molecule has 1 aliphatic heterocycles. The van der Waals surface area contributed by atoms with Gasteiger partial charge in [0.2, 0.25) is 5.95 Å². The van der Waals surface area contributed by atoms with Crippen LogP contribution in [-0.4, -0.2) is 25.7 Å². The third kappa shape index (κ3) is 3.97. The predicted molar refractivity (Wildman–Crippen MR) is 129 cm³/mol. The lowest BCUT2D eigenvalue weighted by molar-refractivity contribution is -0.113. The van der Waals surface area contributed by atoms with E-state index in [-0.39, 0.29) is 5.91 Å². The first-order valence-corrected chi connectivity index (χ1v) is 10.9. The summed E-state index contributed by atoms with van der Waals surface area (Å²) in [4.78, 5) is 22.2. The molecule has 2 aromatic heterocycles. The summed E-state index contributed by atoms with van der Waals surface area (Å²) in [7, 11) is 0. The van der Waals surface area contributed by atoms with Crippen molar-refractivity contribution in [3.63, 3.8) is 0 Å². The average molecular weight is 477 g/mol. The Hall–Kier alpha value is -3.68. The van der Waals surface area contributed by atoms with Crippen LogP contribution in [0.5, 0.6) is 0 Å². The molecule has 4 aromatic rings. The van der Waals surface area contributed by atoms with E-state index in [9.17, 15) is 4.79 Å². The fourth-order valence-corrected chi connectivity index (χ4v) is 4.22. The minimum atomic E-state index is -0.644. The number of nitrogens with one attached hydrogen (secondary N) is 2. The van der Waals surface area contributed by atoms with Crippen LogP contribution in [0.15, 0.2) is 84.3 Å². The molecule has 5 rings (SSSR count). The van der Waals surface area contributed by atoms with Crippen LogP contribution in [0, 0.1) is 0 Å². The van der Waals surface area contributed by atoms with Crippen molar-refractivity contribution < 1.29 is 4.79 Å². The molecule has 0 saturated heterocycles. The van der Waals surface area contributed by atoms with Crippen molar-refractivity contribution in [1.29, 1.82) is 0 Å². The quantitative estimate of drug-likeness (QED) is 0.401. The molecule has 1 amide bonds. The molecule has 0 saturated carbocycles. The average Bonchev–Trinajstić information content (AvgIpc) is 3.25. The molecule has 9 heteroatoms. The summed E-state index contributed by atoms with van der Waals surface area (Å²) in [6, 6.07) is 17.8. The Bertz CT molecular complexity index is 1370. The third-order valence-corrected chi connectivity index (χ3v) is 6.16. The number of benzene rings is 2. The molecular weight excluding hydrogens is 459 g/mol. The molecule has 0 bridgehead atoms. The van der Waals surface area contributed by atoms with Gasteiger partial charge in [-0.15, -0.1) is 5.10 Å². The molecule has 3 heterocycles. The zero-order valence-corrected chi connectivity index (χ0v) is 19.0. The molecule has 2 N–H and O–H groups in total. The summed E-state index contributed by atoms with van der Waals surface area (Å²) in [5, 5.41) is 11.6. The number of fused-ring (bicyclic) bond motifs is 1. The van der Waals surface area contributed by atoms with E-state index in [2.05, 4.69) is 20.6 Å². The van der Waals surface area contributed by atoms with Crippen molar-refractivity contribution in [2.24, 2.45) is 0 Å². The van der Waals surface area contributed by atoms with Gasteiger partial charge in [-0.05, 0) is 25.1 Å². The molecule has 1 atom stereocenters. The van der Waals surface area contributed by atoms with Gasteiger partial charge in [0.25, 0.3) is 5.91 Å². The maximum atomic E-state index is 13.5. The van der Waals surface area contributed by atoms with Crippen LogP contribution in [0.1, 0.15) is 18.5 Å². The van der Waals surface area contributed by atoms with Gasteiger partial charge < -0.3 is 10.6 Å². The highest BCUT2D eigenvalue weighted by Gasteiger charge is 2.36. The first-order chi connectivity index (χ1) is 16.0. The summed E-state index contributed by atoms with van der Waals surface area (Å²) in [6.45, 7) is 1.82. The van der Waals surface area contributed by atoms with E-state index in [1.807, 2.05) is 43.3 Å². The van der Waals surface area contributed by atoms with Crippen molar-refractivity contribution >= 4 is 40.7 Å². The molecule has 0 spiro atoms. The molecular formula is C24H18Cl2N6O. The van der Waals surface area contributed by atoms with Crippen molar-refractivity contribution in [2.75, 3.05) is 10.6 Å². The van der Waals surface area contributed by atoms with E-state index in [1.54, 1.807) is 41.3 Å². The number of halogens is 2. The number of pyridine rings is 1. The van der Waals surface area contributed by atoms with Gasteiger partial charge in [-0.3, -0.25) is 9.78 Å². The number of nitrogens with zero attached hydrogens (tertiary/aromatic N) is 4. The summed E-state index contributed by atoms with van der Waals surface area (Å²) in [6.07, 6.45) is 3.23. The highest BCUT2D eigenvalue weighted by Crippen LogP contribution is 2.41. The predicted octanol–water partition coefficient (Wildman–Crippen LogP) is 5.57. The van der Waals surface area contributed by atoms with Crippen LogP contribution in [0.25, 0.3) is 11.4 Å². The lowest BCUT2D eigenvalue weighted by atomic mass is 9.95. The fraction of sp³-hybridized carbons (Fsp3) is 0.0833. The maximum absolute atomic E-state index is 13.5. The number of carbonyl (C=O) groups excluding carboxylic acids is 1. The van der Waals surface area contributed by atoms with Gasteiger partial charge in [-0.2, -0.15) is 4.98 Å². The van der Waals surface area contributed by atoms with Crippen molar-refractivity contribution in [1.82, 2.24) is 19.7 Å². The number of allylic oxidation sites excluding steroid dienone is 1. The zero-order chi connectivity index (χ0) is 22.9. The second-order valence-corrected chi connectivity index (χ2v) is 8.26. The SMILES string of the molecule is CC1=C(C(=O)Nc2cccnc2)C(c2cccc(Cl)c2Cl)n2nc(-c3ccccc3)nc2N1. The number of amides is 1. The van der Waals surface area contributed by atoms with Crippen LogP contribution in [0.2, 0.25) is 10.0 Å². The van der Waals surface area contributed by atoms with E-state index in [1.165, 1.54) is 0 Å². The Balaban J connectivity index is 1.65. The summed E-state index contributed by atoms with van der Waals surface area (Å²) >= 11 is 13.0. The molecule has 2 aromatic carbocycles.